The fraction of sp³-hybridized carbons (Fsp3) is 0.333. The van der Waals surface area contributed by atoms with Gasteiger partial charge in [0.15, 0.2) is 0 Å². The van der Waals surface area contributed by atoms with Gasteiger partial charge >= 0.3 is 0 Å². The van der Waals surface area contributed by atoms with Crippen molar-refractivity contribution in [3.63, 3.8) is 0 Å². The Labute approximate surface area is 288 Å². The quantitative estimate of drug-likeness (QED) is 0.103. The van der Waals surface area contributed by atoms with Crippen LogP contribution in [-0.4, -0.2) is 23.4 Å². The van der Waals surface area contributed by atoms with Crippen molar-refractivity contribution in [2.75, 3.05) is 13.2 Å². The van der Waals surface area contributed by atoms with E-state index in [2.05, 4.69) is 176 Å². The molecule has 0 aromatic rings. The maximum Gasteiger partial charge on any atom is 0.0639 e. The predicted octanol–water partition coefficient (Wildman–Crippen LogP) is 12.4. The summed E-state index contributed by atoms with van der Waals surface area (Å²) in [5, 5.41) is 18.1. The van der Waals surface area contributed by atoms with E-state index in [9.17, 15) is 0 Å². The molecule has 2 heteroatoms. The molecule has 0 atom stereocenters. The molecule has 0 rings (SSSR count). The highest BCUT2D eigenvalue weighted by Gasteiger charge is 1.90. The van der Waals surface area contributed by atoms with Crippen molar-refractivity contribution >= 4 is 0 Å². The molecule has 0 aromatic heterocycles. The van der Waals surface area contributed by atoms with Gasteiger partial charge in [0, 0.05) is 0 Å². The second kappa shape index (κ2) is 28.3. The van der Waals surface area contributed by atoms with Gasteiger partial charge < -0.3 is 10.2 Å². The molecule has 0 saturated carbocycles. The summed E-state index contributed by atoms with van der Waals surface area (Å²) in [6.45, 7) is 19.0. The van der Waals surface area contributed by atoms with Crippen molar-refractivity contribution in [2.24, 2.45) is 0 Å². The van der Waals surface area contributed by atoms with E-state index in [4.69, 9.17) is 10.2 Å². The van der Waals surface area contributed by atoms with Crippen LogP contribution in [0.15, 0.2) is 178 Å². The fourth-order valence-electron chi connectivity index (χ4n) is 3.86. The molecule has 0 aliphatic rings. The fourth-order valence-corrected chi connectivity index (χ4v) is 3.86. The highest BCUT2D eigenvalue weighted by molar-refractivity contribution is 5.33. The highest BCUT2D eigenvalue weighted by atomic mass is 16.3. The van der Waals surface area contributed by atoms with Crippen LogP contribution in [-0.2, 0) is 0 Å². The van der Waals surface area contributed by atoms with E-state index in [1.54, 1.807) is 0 Å². The Morgan fingerprint density at radius 3 is 0.872 bits per heavy atom. The molecular formula is C45H62O2. The minimum Gasteiger partial charge on any atom is -0.392 e. The Bertz CT molecular complexity index is 1390. The first kappa shape index (κ1) is 43.0. The summed E-state index contributed by atoms with van der Waals surface area (Å²) in [7, 11) is 0. The highest BCUT2D eigenvalue weighted by Crippen LogP contribution is 2.09. The van der Waals surface area contributed by atoms with Gasteiger partial charge in [-0.15, -0.1) is 0 Å². The van der Waals surface area contributed by atoms with Gasteiger partial charge in [0.05, 0.1) is 13.2 Å². The normalized spacial score (nSPS) is 16.3. The lowest BCUT2D eigenvalue weighted by Gasteiger charge is -1.98. The van der Waals surface area contributed by atoms with E-state index in [0.29, 0.717) is 0 Å². The smallest absolute Gasteiger partial charge is 0.0639 e. The first-order chi connectivity index (χ1) is 22.5. The molecule has 0 bridgehead atoms. The van der Waals surface area contributed by atoms with Crippen molar-refractivity contribution in [1.82, 2.24) is 0 Å². The lowest BCUT2D eigenvalue weighted by Crippen LogP contribution is -1.84. The summed E-state index contributed by atoms with van der Waals surface area (Å²) >= 11 is 0. The molecule has 0 amide bonds. The van der Waals surface area contributed by atoms with Crippen LogP contribution in [0, 0.1) is 0 Å². The second-order valence-corrected chi connectivity index (χ2v) is 12.3. The lowest BCUT2D eigenvalue weighted by atomic mass is 10.1. The van der Waals surface area contributed by atoms with E-state index >= 15 is 0 Å². The molecule has 2 nitrogen and oxygen atoms in total. The van der Waals surface area contributed by atoms with Crippen LogP contribution in [0.1, 0.15) is 88.0 Å². The molecule has 47 heavy (non-hydrogen) atoms. The lowest BCUT2D eigenvalue weighted by molar-refractivity contribution is 0.330. The zero-order chi connectivity index (χ0) is 35.3. The van der Waals surface area contributed by atoms with Gasteiger partial charge in [-0.3, -0.25) is 0 Å². The van der Waals surface area contributed by atoms with Crippen molar-refractivity contribution in [3.8, 4) is 0 Å². The van der Waals surface area contributed by atoms with Crippen LogP contribution in [0.2, 0.25) is 0 Å². The first-order valence-electron chi connectivity index (χ1n) is 16.7. The van der Waals surface area contributed by atoms with Crippen LogP contribution in [0.3, 0.4) is 0 Å². The largest absolute Gasteiger partial charge is 0.392 e. The average Bonchev–Trinajstić information content (AvgIpc) is 3.02. The molecule has 0 aliphatic heterocycles. The maximum atomic E-state index is 9.07. The Balaban J connectivity index is 4.77. The average molecular weight is 635 g/mol. The minimum atomic E-state index is 0.140. The molecular weight excluding hydrogens is 572 g/mol. The number of hydrogen-bond donors (Lipinski definition) is 2. The number of hydrogen-bond acceptors (Lipinski definition) is 2. The molecule has 254 valence electrons. The molecule has 0 aromatic carbocycles. The number of rotatable bonds is 20. The van der Waals surface area contributed by atoms with E-state index in [1.165, 1.54) is 39.0 Å². The summed E-state index contributed by atoms with van der Waals surface area (Å²) in [5.41, 5.74) is 10.7. The van der Waals surface area contributed by atoms with Gasteiger partial charge in [0.2, 0.25) is 0 Å². The molecule has 0 fully saturated rings. The topological polar surface area (TPSA) is 40.5 Å². The standard InChI is InChI=1S/C45H62O2/c1-37(21-12-23-39(3)25-14-26-41(5)28-16-30-43(7)32-18-34-45(9)36-47)19-10-11-20-38(2)22-13-24-40(4)27-15-29-42(6)31-17-33-44(8)35-46/h10-16,19-30,33-34,46-47H,17-18,31-32,35-36H2,1-9H3/b11-10+,21-12+,22-13+,25-14+,27-15+,28-16+,37-19+,38-20+,39-23+,40-24+,41-26+,42-29+,43-30+,44-33+,45-34+. The number of aliphatic hydroxyl groups is 2. The van der Waals surface area contributed by atoms with Gasteiger partial charge in [-0.05, 0) is 88.0 Å². The molecule has 0 heterocycles. The number of allylic oxidation sites excluding steroid dienone is 28. The van der Waals surface area contributed by atoms with E-state index in [1.807, 2.05) is 13.8 Å². The Morgan fingerprint density at radius 2 is 0.596 bits per heavy atom. The molecule has 0 unspecified atom stereocenters. The van der Waals surface area contributed by atoms with Crippen LogP contribution in [0.25, 0.3) is 0 Å². The molecule has 2 N–H and O–H groups in total. The van der Waals surface area contributed by atoms with Gasteiger partial charge in [0.1, 0.15) is 0 Å². The molecule has 0 radical (unpaired) electrons. The van der Waals surface area contributed by atoms with Gasteiger partial charge in [-0.2, -0.15) is 0 Å². The zero-order valence-corrected chi connectivity index (χ0v) is 30.8. The maximum absolute atomic E-state index is 9.07. The monoisotopic (exact) mass is 634 g/mol. The third-order valence-corrected chi connectivity index (χ3v) is 7.03. The summed E-state index contributed by atoms with van der Waals surface area (Å²) in [6, 6.07) is 0. The van der Waals surface area contributed by atoms with Crippen molar-refractivity contribution in [1.29, 1.82) is 0 Å². The third-order valence-electron chi connectivity index (χ3n) is 7.03. The van der Waals surface area contributed by atoms with Gasteiger partial charge in [-0.25, -0.2) is 0 Å². The van der Waals surface area contributed by atoms with E-state index in [0.717, 1.165) is 36.8 Å². The minimum absolute atomic E-state index is 0.140. The van der Waals surface area contributed by atoms with Crippen molar-refractivity contribution in [2.45, 2.75) is 88.0 Å². The van der Waals surface area contributed by atoms with Crippen molar-refractivity contribution < 1.29 is 10.2 Å². The van der Waals surface area contributed by atoms with Crippen molar-refractivity contribution in [3.05, 3.63) is 178 Å². The van der Waals surface area contributed by atoms with Crippen LogP contribution in [0.5, 0.6) is 0 Å². The third kappa shape index (κ3) is 28.0. The first-order valence-corrected chi connectivity index (χ1v) is 16.7. The van der Waals surface area contributed by atoms with Gasteiger partial charge in [-0.1, -0.05) is 178 Å². The van der Waals surface area contributed by atoms with Crippen LogP contribution >= 0.6 is 0 Å². The zero-order valence-electron chi connectivity index (χ0n) is 30.8. The Morgan fingerprint density at radius 1 is 0.340 bits per heavy atom. The van der Waals surface area contributed by atoms with Crippen LogP contribution < -0.4 is 0 Å². The van der Waals surface area contributed by atoms with Crippen LogP contribution in [0.4, 0.5) is 0 Å². The van der Waals surface area contributed by atoms with E-state index in [-0.39, 0.29) is 13.2 Å². The molecule has 0 saturated heterocycles. The second-order valence-electron chi connectivity index (χ2n) is 12.3. The Hall–Kier alpha value is -3.98. The van der Waals surface area contributed by atoms with Gasteiger partial charge in [0.25, 0.3) is 0 Å². The SMILES string of the molecule is CC(/C=C/C=C(C)/C=C/C=C(C)/C=C/C=C(\C)CC/C=C(\C)CO)=C\C=C\C=C(C)\C=C\C=C(C)\C=C\C=C(/C)CC/C=C(\C)CO. The van der Waals surface area contributed by atoms with E-state index < -0.39 is 0 Å². The molecule has 0 spiro atoms. The summed E-state index contributed by atoms with van der Waals surface area (Å²) < 4.78 is 0. The summed E-state index contributed by atoms with van der Waals surface area (Å²) in [4.78, 5) is 0. The molecule has 0 aliphatic carbocycles. The number of aliphatic hydroxyl groups excluding tert-OH is 2. The predicted molar refractivity (Wildman–Crippen MR) is 211 cm³/mol. The summed E-state index contributed by atoms with van der Waals surface area (Å²) in [5.74, 6) is 0. The Kier molecular flexibility index (Phi) is 25.9. The summed E-state index contributed by atoms with van der Waals surface area (Å²) in [6.07, 6.45) is 48.2.